The van der Waals surface area contributed by atoms with Gasteiger partial charge in [0.1, 0.15) is 11.6 Å². The molecule has 0 N–H and O–H groups in total. The number of hydrogen-bond donors (Lipinski definition) is 0. The molecule has 0 unspecified atom stereocenters. The van der Waals surface area contributed by atoms with Gasteiger partial charge in [0.15, 0.2) is 6.29 Å². The van der Waals surface area contributed by atoms with E-state index in [1.807, 2.05) is 13.8 Å². The third kappa shape index (κ3) is 4.19. The summed E-state index contributed by atoms with van der Waals surface area (Å²) in [5.74, 6) is 0.274. The van der Waals surface area contributed by atoms with Crippen molar-refractivity contribution in [3.63, 3.8) is 0 Å². The van der Waals surface area contributed by atoms with E-state index in [-0.39, 0.29) is 17.5 Å². The molecular weight excluding hydrogens is 275 g/mol. The first kappa shape index (κ1) is 15.8. The molecule has 1 heterocycles. The van der Waals surface area contributed by atoms with Gasteiger partial charge in [-0.15, -0.1) is 0 Å². The molecule has 116 valence electrons. The Bertz CT molecular complexity index is 493. The number of hydrogen-bond acceptors (Lipinski definition) is 4. The Labute approximate surface area is 124 Å². The minimum Gasteiger partial charge on any atom is -0.504 e. The zero-order valence-corrected chi connectivity index (χ0v) is 12.6. The number of halogens is 1. The number of rotatable bonds is 6. The van der Waals surface area contributed by atoms with Crippen LogP contribution in [0.1, 0.15) is 19.4 Å². The highest BCUT2D eigenvalue weighted by molar-refractivity contribution is 5.56. The molecular formula is C16H21FO4. The maximum Gasteiger partial charge on any atom is 0.166 e. The third-order valence-electron chi connectivity index (χ3n) is 3.22. The molecule has 0 amide bonds. The molecule has 1 aromatic carbocycles. The predicted molar refractivity (Wildman–Crippen MR) is 77.4 cm³/mol. The summed E-state index contributed by atoms with van der Waals surface area (Å²) in [5.41, 5.74) is 0.327. The van der Waals surface area contributed by atoms with Crippen LogP contribution in [0.5, 0.6) is 5.75 Å². The molecule has 1 saturated heterocycles. The van der Waals surface area contributed by atoms with Crippen molar-refractivity contribution in [1.82, 2.24) is 0 Å². The maximum absolute atomic E-state index is 13.3. The van der Waals surface area contributed by atoms with Gasteiger partial charge in [0.2, 0.25) is 0 Å². The fraction of sp³-hybridized carbons (Fsp3) is 0.500. The van der Waals surface area contributed by atoms with Crippen LogP contribution in [-0.4, -0.2) is 33.2 Å². The predicted octanol–water partition coefficient (Wildman–Crippen LogP) is 3.22. The number of ether oxygens (including phenoxy) is 4. The summed E-state index contributed by atoms with van der Waals surface area (Å²) >= 11 is 0. The van der Waals surface area contributed by atoms with E-state index in [1.165, 1.54) is 25.5 Å². The molecule has 0 bridgehead atoms. The first-order valence-electron chi connectivity index (χ1n) is 6.88. The quantitative estimate of drug-likeness (QED) is 0.755. The van der Waals surface area contributed by atoms with Crippen molar-refractivity contribution >= 4 is 6.08 Å². The van der Waals surface area contributed by atoms with Crippen LogP contribution in [0, 0.1) is 11.2 Å². The second-order valence-electron chi connectivity index (χ2n) is 5.57. The molecule has 1 aromatic rings. The van der Waals surface area contributed by atoms with Gasteiger partial charge in [0.25, 0.3) is 0 Å². The third-order valence-corrected chi connectivity index (χ3v) is 3.22. The number of methoxy groups -OCH3 is 1. The Morgan fingerprint density at radius 1 is 1.33 bits per heavy atom. The van der Waals surface area contributed by atoms with Crippen LogP contribution in [-0.2, 0) is 14.2 Å². The van der Waals surface area contributed by atoms with Gasteiger partial charge >= 0.3 is 0 Å². The second-order valence-corrected chi connectivity index (χ2v) is 5.57. The molecule has 21 heavy (non-hydrogen) atoms. The van der Waals surface area contributed by atoms with E-state index < -0.39 is 0 Å². The smallest absolute Gasteiger partial charge is 0.166 e. The van der Waals surface area contributed by atoms with E-state index in [9.17, 15) is 4.39 Å². The highest BCUT2D eigenvalue weighted by atomic mass is 19.1. The summed E-state index contributed by atoms with van der Waals surface area (Å²) in [6, 6.07) is 4.38. The van der Waals surface area contributed by atoms with Gasteiger partial charge in [0, 0.05) is 11.0 Å². The molecule has 1 fully saturated rings. The lowest BCUT2D eigenvalue weighted by atomic mass is 9.94. The maximum atomic E-state index is 13.3. The van der Waals surface area contributed by atoms with E-state index in [0.29, 0.717) is 31.1 Å². The van der Waals surface area contributed by atoms with Gasteiger partial charge < -0.3 is 18.9 Å². The summed E-state index contributed by atoms with van der Waals surface area (Å²) in [6.45, 7) is 5.63. The van der Waals surface area contributed by atoms with E-state index in [1.54, 1.807) is 12.1 Å². The van der Waals surface area contributed by atoms with E-state index in [0.717, 1.165) is 0 Å². The highest BCUT2D eigenvalue weighted by Crippen LogP contribution is 2.30. The normalized spacial score (nSPS) is 16.6. The summed E-state index contributed by atoms with van der Waals surface area (Å²) in [6.07, 6.45) is 2.86. The molecule has 1 aliphatic heterocycles. The highest BCUT2D eigenvalue weighted by Gasteiger charge is 2.35. The van der Waals surface area contributed by atoms with Crippen molar-refractivity contribution in [1.29, 1.82) is 0 Å². The lowest BCUT2D eigenvalue weighted by Gasteiger charge is -2.29. The molecule has 0 aromatic heterocycles. The van der Waals surface area contributed by atoms with Crippen molar-refractivity contribution in [2.45, 2.75) is 20.1 Å². The van der Waals surface area contributed by atoms with Gasteiger partial charge in [-0.3, -0.25) is 0 Å². The molecule has 1 aliphatic rings. The summed E-state index contributed by atoms with van der Waals surface area (Å²) in [5, 5.41) is 0. The standard InChI is InChI=1S/C16H21FO4/c1-16(2,15-19-8-9-20-15)11-21-14-5-4-13(17)10-12(14)6-7-18-3/h4-7,10,15H,8-9,11H2,1-3H3. The molecule has 0 saturated carbocycles. The molecule has 2 rings (SSSR count). The second kappa shape index (κ2) is 6.91. The lowest BCUT2D eigenvalue weighted by Crippen LogP contribution is -2.36. The SMILES string of the molecule is COC=Cc1cc(F)ccc1OCC(C)(C)C1OCCO1. The van der Waals surface area contributed by atoms with Gasteiger partial charge in [0.05, 0.1) is 33.2 Å². The summed E-state index contributed by atoms with van der Waals surface area (Å²) in [7, 11) is 1.54. The average molecular weight is 296 g/mol. The van der Waals surface area contributed by atoms with Crippen LogP contribution >= 0.6 is 0 Å². The van der Waals surface area contributed by atoms with E-state index in [4.69, 9.17) is 18.9 Å². The van der Waals surface area contributed by atoms with E-state index in [2.05, 4.69) is 0 Å². The van der Waals surface area contributed by atoms with Crippen molar-refractivity contribution in [3.8, 4) is 5.75 Å². The van der Waals surface area contributed by atoms with Crippen LogP contribution in [0.4, 0.5) is 4.39 Å². The topological polar surface area (TPSA) is 36.9 Å². The first-order chi connectivity index (χ1) is 10.0. The number of benzene rings is 1. The fourth-order valence-electron chi connectivity index (χ4n) is 2.06. The van der Waals surface area contributed by atoms with Gasteiger partial charge in [-0.25, -0.2) is 4.39 Å². The zero-order chi connectivity index (χ0) is 15.3. The van der Waals surface area contributed by atoms with Crippen LogP contribution in [0.2, 0.25) is 0 Å². The van der Waals surface area contributed by atoms with Crippen molar-refractivity contribution in [3.05, 3.63) is 35.8 Å². The Morgan fingerprint density at radius 3 is 2.71 bits per heavy atom. The van der Waals surface area contributed by atoms with Gasteiger partial charge in [-0.05, 0) is 24.3 Å². The van der Waals surface area contributed by atoms with E-state index >= 15 is 0 Å². The van der Waals surface area contributed by atoms with Crippen molar-refractivity contribution in [2.24, 2.45) is 5.41 Å². The Kier molecular flexibility index (Phi) is 5.20. The lowest BCUT2D eigenvalue weighted by molar-refractivity contribution is -0.131. The van der Waals surface area contributed by atoms with Crippen molar-refractivity contribution in [2.75, 3.05) is 26.9 Å². The van der Waals surface area contributed by atoms with Gasteiger partial charge in [-0.1, -0.05) is 13.8 Å². The minimum absolute atomic E-state index is 0.282. The monoisotopic (exact) mass is 296 g/mol. The molecule has 0 atom stereocenters. The Hall–Kier alpha value is -1.59. The zero-order valence-electron chi connectivity index (χ0n) is 12.6. The largest absolute Gasteiger partial charge is 0.504 e. The molecule has 5 heteroatoms. The molecule has 0 radical (unpaired) electrons. The Balaban J connectivity index is 2.06. The van der Waals surface area contributed by atoms with Crippen molar-refractivity contribution < 1.29 is 23.3 Å². The molecule has 0 spiro atoms. The van der Waals surface area contributed by atoms with Crippen LogP contribution in [0.25, 0.3) is 6.08 Å². The molecule has 4 nitrogen and oxygen atoms in total. The minimum atomic E-state index is -0.320. The molecule has 0 aliphatic carbocycles. The van der Waals surface area contributed by atoms with Gasteiger partial charge in [-0.2, -0.15) is 0 Å². The summed E-state index contributed by atoms with van der Waals surface area (Å²) < 4.78 is 35.1. The summed E-state index contributed by atoms with van der Waals surface area (Å²) in [4.78, 5) is 0. The Morgan fingerprint density at radius 2 is 2.05 bits per heavy atom. The van der Waals surface area contributed by atoms with Crippen LogP contribution in [0.15, 0.2) is 24.5 Å². The van der Waals surface area contributed by atoms with Crippen LogP contribution < -0.4 is 4.74 Å². The average Bonchev–Trinajstić information content (AvgIpc) is 2.99. The van der Waals surface area contributed by atoms with Crippen LogP contribution in [0.3, 0.4) is 0 Å². The fourth-order valence-corrected chi connectivity index (χ4v) is 2.06. The first-order valence-corrected chi connectivity index (χ1v) is 6.88.